The molecule has 2 heterocycles. The fourth-order valence-electron chi connectivity index (χ4n) is 2.46. The van der Waals surface area contributed by atoms with E-state index >= 15 is 0 Å². The van der Waals surface area contributed by atoms with E-state index in [1.165, 1.54) is 24.6 Å². The number of fused-ring (bicyclic) bond motifs is 1. The molecule has 0 N–H and O–H groups in total. The van der Waals surface area contributed by atoms with Gasteiger partial charge in [0.2, 0.25) is 0 Å². The fourth-order valence-corrected chi connectivity index (χ4v) is 3.57. The van der Waals surface area contributed by atoms with Crippen LogP contribution in [0.1, 0.15) is 35.4 Å². The molecule has 1 aromatic carbocycles. The smallest absolute Gasteiger partial charge is 0.191 e. The van der Waals surface area contributed by atoms with Gasteiger partial charge in [0, 0.05) is 18.5 Å². The second kappa shape index (κ2) is 6.62. The maximum absolute atomic E-state index is 12.2. The van der Waals surface area contributed by atoms with Crippen LogP contribution in [0.3, 0.4) is 0 Å². The number of halogens is 1. The molecule has 1 aliphatic heterocycles. The third kappa shape index (κ3) is 3.30. The SMILES string of the molecule is O=C(CSc1nnc2n1CCCCC2)c1ccccc1Cl. The fraction of sp³-hybridized carbons (Fsp3) is 0.400. The number of nitrogens with zero attached hydrogens (tertiary/aromatic N) is 3. The number of hydrogen-bond donors (Lipinski definition) is 0. The number of thioether (sulfide) groups is 1. The minimum atomic E-state index is 0.0246. The van der Waals surface area contributed by atoms with Crippen molar-refractivity contribution in [2.75, 3.05) is 5.75 Å². The molecule has 21 heavy (non-hydrogen) atoms. The van der Waals surface area contributed by atoms with Gasteiger partial charge in [0.25, 0.3) is 0 Å². The van der Waals surface area contributed by atoms with Gasteiger partial charge >= 0.3 is 0 Å². The molecule has 2 aromatic rings. The van der Waals surface area contributed by atoms with Gasteiger partial charge < -0.3 is 4.57 Å². The van der Waals surface area contributed by atoms with Crippen LogP contribution < -0.4 is 0 Å². The van der Waals surface area contributed by atoms with Crippen molar-refractivity contribution in [1.29, 1.82) is 0 Å². The summed E-state index contributed by atoms with van der Waals surface area (Å²) in [6.45, 7) is 0.949. The van der Waals surface area contributed by atoms with E-state index in [0.29, 0.717) is 16.3 Å². The predicted molar refractivity (Wildman–Crippen MR) is 84.1 cm³/mol. The number of Topliss-reactive ketones (excluding diaryl/α,β-unsaturated/α-hetero) is 1. The first-order valence-electron chi connectivity index (χ1n) is 7.08. The van der Waals surface area contributed by atoms with E-state index in [1.807, 2.05) is 12.1 Å². The van der Waals surface area contributed by atoms with E-state index in [9.17, 15) is 4.79 Å². The summed E-state index contributed by atoms with van der Waals surface area (Å²) in [5.41, 5.74) is 0.572. The number of rotatable bonds is 4. The highest BCUT2D eigenvalue weighted by Gasteiger charge is 2.17. The standard InChI is InChI=1S/C15H16ClN3OS/c16-12-7-4-3-6-11(12)13(20)10-21-15-18-17-14-8-2-1-5-9-19(14)15/h3-4,6-7H,1-2,5,8-10H2. The lowest BCUT2D eigenvalue weighted by Gasteiger charge is -2.06. The maximum atomic E-state index is 12.2. The van der Waals surface area contributed by atoms with E-state index in [2.05, 4.69) is 14.8 Å². The lowest BCUT2D eigenvalue weighted by Crippen LogP contribution is -2.06. The first-order valence-corrected chi connectivity index (χ1v) is 8.44. The molecule has 0 radical (unpaired) electrons. The van der Waals surface area contributed by atoms with E-state index in [0.717, 1.165) is 30.4 Å². The summed E-state index contributed by atoms with van der Waals surface area (Å²) in [5.74, 6) is 1.40. The van der Waals surface area contributed by atoms with Crippen molar-refractivity contribution in [3.63, 3.8) is 0 Å². The Kier molecular flexibility index (Phi) is 4.60. The molecule has 0 saturated carbocycles. The summed E-state index contributed by atoms with van der Waals surface area (Å²) in [6.07, 6.45) is 4.52. The van der Waals surface area contributed by atoms with Crippen molar-refractivity contribution < 1.29 is 4.79 Å². The normalized spacial score (nSPS) is 14.5. The van der Waals surface area contributed by atoms with Crippen LogP contribution in [0, 0.1) is 0 Å². The Morgan fingerprint density at radius 2 is 2.10 bits per heavy atom. The summed E-state index contributed by atoms with van der Waals surface area (Å²) < 4.78 is 2.15. The molecule has 0 saturated heterocycles. The molecular formula is C15H16ClN3OS. The van der Waals surface area contributed by atoms with Crippen molar-refractivity contribution in [3.05, 3.63) is 40.7 Å². The van der Waals surface area contributed by atoms with Gasteiger partial charge in [-0.15, -0.1) is 10.2 Å². The van der Waals surface area contributed by atoms with Crippen molar-refractivity contribution in [1.82, 2.24) is 14.8 Å². The van der Waals surface area contributed by atoms with E-state index in [1.54, 1.807) is 12.1 Å². The Hall–Kier alpha value is -1.33. The number of ketones is 1. The highest BCUT2D eigenvalue weighted by atomic mass is 35.5. The molecule has 0 spiro atoms. The lowest BCUT2D eigenvalue weighted by molar-refractivity contribution is 0.102. The molecule has 0 fully saturated rings. The van der Waals surface area contributed by atoms with Gasteiger partial charge in [-0.3, -0.25) is 4.79 Å². The monoisotopic (exact) mass is 321 g/mol. The molecule has 0 aliphatic carbocycles. The summed E-state index contributed by atoms with van der Waals surface area (Å²) in [5, 5.41) is 9.80. The van der Waals surface area contributed by atoms with Crippen LogP contribution in [0.5, 0.6) is 0 Å². The van der Waals surface area contributed by atoms with Gasteiger partial charge in [0.15, 0.2) is 10.9 Å². The average molecular weight is 322 g/mol. The summed E-state index contributed by atoms with van der Waals surface area (Å²) in [7, 11) is 0. The Bertz CT molecular complexity index is 656. The number of carbonyl (C=O) groups excluding carboxylic acids is 1. The van der Waals surface area contributed by atoms with Crippen LogP contribution in [0.25, 0.3) is 0 Å². The topological polar surface area (TPSA) is 47.8 Å². The zero-order valence-corrected chi connectivity index (χ0v) is 13.2. The lowest BCUT2D eigenvalue weighted by atomic mass is 10.1. The van der Waals surface area contributed by atoms with Crippen molar-refractivity contribution in [3.8, 4) is 0 Å². The van der Waals surface area contributed by atoms with Gasteiger partial charge in [-0.2, -0.15) is 0 Å². The first-order chi connectivity index (χ1) is 10.3. The van der Waals surface area contributed by atoms with Crippen molar-refractivity contribution in [2.24, 2.45) is 0 Å². The molecule has 0 bridgehead atoms. The minimum absolute atomic E-state index is 0.0246. The van der Waals surface area contributed by atoms with Crippen LogP contribution in [0.4, 0.5) is 0 Å². The van der Waals surface area contributed by atoms with Crippen molar-refractivity contribution >= 4 is 29.1 Å². The Balaban J connectivity index is 1.70. The zero-order chi connectivity index (χ0) is 14.7. The number of aromatic nitrogens is 3. The third-order valence-electron chi connectivity index (χ3n) is 3.58. The van der Waals surface area contributed by atoms with E-state index < -0.39 is 0 Å². The Morgan fingerprint density at radius 3 is 2.95 bits per heavy atom. The second-order valence-corrected chi connectivity index (χ2v) is 6.40. The Labute approximate surface area is 132 Å². The minimum Gasteiger partial charge on any atom is -0.306 e. The van der Waals surface area contributed by atoms with Crippen molar-refractivity contribution in [2.45, 2.75) is 37.4 Å². The molecule has 3 rings (SSSR count). The summed E-state index contributed by atoms with van der Waals surface area (Å²) in [6, 6.07) is 7.15. The van der Waals surface area contributed by atoms with Gasteiger partial charge in [-0.25, -0.2) is 0 Å². The van der Waals surface area contributed by atoms with Gasteiger partial charge in [-0.05, 0) is 25.0 Å². The van der Waals surface area contributed by atoms with Gasteiger partial charge in [0.1, 0.15) is 5.82 Å². The molecule has 1 aromatic heterocycles. The molecule has 6 heteroatoms. The van der Waals surface area contributed by atoms with Crippen LogP contribution in [0.15, 0.2) is 29.4 Å². The van der Waals surface area contributed by atoms with E-state index in [-0.39, 0.29) is 5.78 Å². The predicted octanol–water partition coefficient (Wildman–Crippen LogP) is 3.63. The second-order valence-electron chi connectivity index (χ2n) is 5.05. The number of hydrogen-bond acceptors (Lipinski definition) is 4. The summed E-state index contributed by atoms with van der Waals surface area (Å²) in [4.78, 5) is 12.2. The van der Waals surface area contributed by atoms with Crippen LogP contribution in [-0.4, -0.2) is 26.3 Å². The quantitative estimate of drug-likeness (QED) is 0.637. The van der Waals surface area contributed by atoms with Gasteiger partial charge in [0.05, 0.1) is 10.8 Å². The molecule has 1 aliphatic rings. The van der Waals surface area contributed by atoms with Gasteiger partial charge in [-0.1, -0.05) is 41.9 Å². The van der Waals surface area contributed by atoms with Crippen LogP contribution in [0.2, 0.25) is 5.02 Å². The van der Waals surface area contributed by atoms with Crippen LogP contribution in [-0.2, 0) is 13.0 Å². The zero-order valence-electron chi connectivity index (χ0n) is 11.6. The Morgan fingerprint density at radius 1 is 1.24 bits per heavy atom. The van der Waals surface area contributed by atoms with E-state index in [4.69, 9.17) is 11.6 Å². The number of benzene rings is 1. The number of carbonyl (C=O) groups is 1. The third-order valence-corrected chi connectivity index (χ3v) is 4.88. The number of aryl methyl sites for hydroxylation is 1. The molecular weight excluding hydrogens is 306 g/mol. The highest BCUT2D eigenvalue weighted by molar-refractivity contribution is 7.99. The first kappa shape index (κ1) is 14.6. The summed E-state index contributed by atoms with van der Waals surface area (Å²) >= 11 is 7.50. The highest BCUT2D eigenvalue weighted by Crippen LogP contribution is 2.24. The maximum Gasteiger partial charge on any atom is 0.191 e. The molecule has 0 amide bonds. The molecule has 4 nitrogen and oxygen atoms in total. The average Bonchev–Trinajstić information content (AvgIpc) is 2.72. The largest absolute Gasteiger partial charge is 0.306 e. The molecule has 110 valence electrons. The van der Waals surface area contributed by atoms with Crippen LogP contribution >= 0.6 is 23.4 Å². The molecule has 0 atom stereocenters. The molecule has 0 unspecified atom stereocenters.